The van der Waals surface area contributed by atoms with Crippen LogP contribution in [0.2, 0.25) is 0 Å². The lowest BCUT2D eigenvalue weighted by molar-refractivity contribution is -0.121. The predicted octanol–water partition coefficient (Wildman–Crippen LogP) is 1.79. The first kappa shape index (κ1) is 18.0. The number of sulfonamides is 1. The first-order valence-electron chi connectivity index (χ1n) is 7.48. The molecule has 2 fully saturated rings. The van der Waals surface area contributed by atoms with Crippen molar-refractivity contribution in [3.8, 4) is 0 Å². The molecule has 3 rings (SSSR count). The van der Waals surface area contributed by atoms with E-state index in [1.54, 1.807) is 24.3 Å². The van der Waals surface area contributed by atoms with Crippen LogP contribution < -0.4 is 15.8 Å². The molecule has 0 aliphatic heterocycles. The number of carbonyl (C=O) groups is 1. The van der Waals surface area contributed by atoms with Gasteiger partial charge in [0.25, 0.3) is 0 Å². The van der Waals surface area contributed by atoms with Crippen LogP contribution in [0.1, 0.15) is 19.3 Å². The van der Waals surface area contributed by atoms with Crippen molar-refractivity contribution in [1.82, 2.24) is 0 Å². The fourth-order valence-corrected chi connectivity index (χ4v) is 4.38. The van der Waals surface area contributed by atoms with E-state index in [2.05, 4.69) is 10.0 Å². The summed E-state index contributed by atoms with van der Waals surface area (Å²) < 4.78 is 24.9. The van der Waals surface area contributed by atoms with Crippen molar-refractivity contribution < 1.29 is 13.2 Å². The van der Waals surface area contributed by atoms with Gasteiger partial charge in [0, 0.05) is 11.7 Å². The van der Waals surface area contributed by atoms with Gasteiger partial charge in [0.2, 0.25) is 15.9 Å². The number of fused-ring (bicyclic) bond motifs is 2. The van der Waals surface area contributed by atoms with Crippen LogP contribution in [0.3, 0.4) is 0 Å². The summed E-state index contributed by atoms with van der Waals surface area (Å²) in [6.45, 7) is 0. The average molecular weight is 360 g/mol. The molecule has 0 heterocycles. The van der Waals surface area contributed by atoms with Gasteiger partial charge in [-0.05, 0) is 49.3 Å². The van der Waals surface area contributed by atoms with Crippen molar-refractivity contribution in [3.63, 3.8) is 0 Å². The highest BCUT2D eigenvalue weighted by molar-refractivity contribution is 7.92. The summed E-state index contributed by atoms with van der Waals surface area (Å²) in [5, 5.41) is 2.87. The molecule has 1 amide bonds. The number of carbonyl (C=O) groups excluding carboxylic acids is 1. The topological polar surface area (TPSA) is 101 Å². The molecule has 2 bridgehead atoms. The van der Waals surface area contributed by atoms with Gasteiger partial charge in [0.1, 0.15) is 0 Å². The van der Waals surface area contributed by atoms with Gasteiger partial charge in [0.05, 0.1) is 17.9 Å². The Bertz CT molecular complexity index is 693. The molecule has 0 saturated heterocycles. The molecule has 2 aliphatic rings. The third-order valence-corrected chi connectivity index (χ3v) is 5.32. The van der Waals surface area contributed by atoms with E-state index in [0.29, 0.717) is 23.2 Å². The lowest BCUT2D eigenvalue weighted by Crippen LogP contribution is -2.42. The fraction of sp³-hybridized carbons (Fsp3) is 0.533. The normalized spacial score (nSPS) is 29.0. The largest absolute Gasteiger partial charge is 0.327 e. The minimum atomic E-state index is -3.34. The molecule has 2 saturated carbocycles. The second-order valence-electron chi connectivity index (χ2n) is 6.38. The smallest absolute Gasteiger partial charge is 0.229 e. The summed E-state index contributed by atoms with van der Waals surface area (Å²) in [6.07, 6.45) is 4.34. The second kappa shape index (κ2) is 6.67. The van der Waals surface area contributed by atoms with Crippen molar-refractivity contribution in [2.75, 3.05) is 16.3 Å². The Morgan fingerprint density at radius 2 is 1.87 bits per heavy atom. The van der Waals surface area contributed by atoms with E-state index in [-0.39, 0.29) is 30.3 Å². The van der Waals surface area contributed by atoms with Crippen molar-refractivity contribution >= 4 is 39.7 Å². The Morgan fingerprint density at radius 3 is 2.48 bits per heavy atom. The van der Waals surface area contributed by atoms with Crippen LogP contribution in [0.5, 0.6) is 0 Å². The molecule has 0 aromatic heterocycles. The van der Waals surface area contributed by atoms with Crippen molar-refractivity contribution in [3.05, 3.63) is 24.3 Å². The van der Waals surface area contributed by atoms with Crippen LogP contribution >= 0.6 is 12.4 Å². The summed E-state index contributed by atoms with van der Waals surface area (Å²) in [5.41, 5.74) is 7.19. The van der Waals surface area contributed by atoms with E-state index in [0.717, 1.165) is 25.5 Å². The molecule has 128 valence electrons. The number of halogens is 1. The third-order valence-electron chi connectivity index (χ3n) is 4.72. The molecule has 8 heteroatoms. The highest BCUT2D eigenvalue weighted by Gasteiger charge is 2.49. The monoisotopic (exact) mass is 359 g/mol. The quantitative estimate of drug-likeness (QED) is 0.762. The predicted molar refractivity (Wildman–Crippen MR) is 93.1 cm³/mol. The van der Waals surface area contributed by atoms with E-state index in [1.165, 1.54) is 0 Å². The van der Waals surface area contributed by atoms with E-state index >= 15 is 0 Å². The van der Waals surface area contributed by atoms with Crippen LogP contribution in [0.25, 0.3) is 0 Å². The van der Waals surface area contributed by atoms with Crippen LogP contribution in [-0.4, -0.2) is 26.6 Å². The van der Waals surface area contributed by atoms with Gasteiger partial charge >= 0.3 is 0 Å². The summed E-state index contributed by atoms with van der Waals surface area (Å²) in [7, 11) is -3.34. The minimum absolute atomic E-state index is 0. The number of nitrogens with two attached hydrogens (primary N) is 1. The minimum Gasteiger partial charge on any atom is -0.327 e. The number of hydrogen-bond donors (Lipinski definition) is 3. The number of benzene rings is 1. The summed E-state index contributed by atoms with van der Waals surface area (Å²) in [4.78, 5) is 12.5. The number of nitrogens with one attached hydrogen (secondary N) is 2. The van der Waals surface area contributed by atoms with Crippen LogP contribution in [0, 0.1) is 17.8 Å². The SMILES string of the molecule is CS(=O)(=O)Nc1cccc(NC(=O)C2C3CCC(C3)C2N)c1.Cl. The lowest BCUT2D eigenvalue weighted by atomic mass is 9.84. The van der Waals surface area contributed by atoms with Crippen molar-refractivity contribution in [2.24, 2.45) is 23.5 Å². The number of hydrogen-bond acceptors (Lipinski definition) is 4. The highest BCUT2D eigenvalue weighted by atomic mass is 35.5. The van der Waals surface area contributed by atoms with Gasteiger partial charge in [-0.15, -0.1) is 12.4 Å². The molecule has 1 aromatic carbocycles. The first-order valence-corrected chi connectivity index (χ1v) is 9.37. The Hall–Kier alpha value is -1.31. The zero-order valence-corrected chi connectivity index (χ0v) is 14.5. The van der Waals surface area contributed by atoms with Gasteiger partial charge in [0.15, 0.2) is 0 Å². The Morgan fingerprint density at radius 1 is 1.22 bits per heavy atom. The fourth-order valence-electron chi connectivity index (χ4n) is 3.82. The molecule has 4 N–H and O–H groups in total. The average Bonchev–Trinajstić information content (AvgIpc) is 2.97. The van der Waals surface area contributed by atoms with Gasteiger partial charge in [-0.3, -0.25) is 9.52 Å². The van der Waals surface area contributed by atoms with Crippen molar-refractivity contribution in [1.29, 1.82) is 0 Å². The lowest BCUT2D eigenvalue weighted by Gasteiger charge is -2.27. The summed E-state index contributed by atoms with van der Waals surface area (Å²) in [5.74, 6) is 0.665. The molecule has 2 aliphatic carbocycles. The molecule has 4 unspecified atom stereocenters. The molecule has 23 heavy (non-hydrogen) atoms. The van der Waals surface area contributed by atoms with E-state index in [1.807, 2.05) is 0 Å². The van der Waals surface area contributed by atoms with Crippen LogP contribution in [-0.2, 0) is 14.8 Å². The van der Waals surface area contributed by atoms with Crippen molar-refractivity contribution in [2.45, 2.75) is 25.3 Å². The van der Waals surface area contributed by atoms with E-state index in [9.17, 15) is 13.2 Å². The summed E-state index contributed by atoms with van der Waals surface area (Å²) in [6, 6.07) is 6.63. The Labute approximate surface area is 142 Å². The Balaban J connectivity index is 0.00000192. The van der Waals surface area contributed by atoms with E-state index < -0.39 is 10.0 Å². The van der Waals surface area contributed by atoms with Gasteiger partial charge < -0.3 is 11.1 Å². The maximum absolute atomic E-state index is 12.5. The molecule has 1 aromatic rings. The molecule has 0 spiro atoms. The van der Waals surface area contributed by atoms with Crippen LogP contribution in [0.4, 0.5) is 11.4 Å². The molecular formula is C15H22ClN3O3S. The maximum atomic E-state index is 12.5. The molecule has 0 radical (unpaired) electrons. The first-order chi connectivity index (χ1) is 10.3. The molecule has 6 nitrogen and oxygen atoms in total. The number of amides is 1. The van der Waals surface area contributed by atoms with Gasteiger partial charge in [-0.25, -0.2) is 8.42 Å². The number of anilines is 2. The van der Waals surface area contributed by atoms with Gasteiger partial charge in [-0.1, -0.05) is 6.07 Å². The molecular weight excluding hydrogens is 338 g/mol. The highest BCUT2D eigenvalue weighted by Crippen LogP contribution is 2.47. The third kappa shape index (κ3) is 3.97. The standard InChI is InChI=1S/C15H21N3O3S.ClH/c1-22(20,21)18-12-4-2-3-11(8-12)17-15(19)13-9-5-6-10(7-9)14(13)16;/h2-4,8-10,13-14,18H,5-7,16H2,1H3,(H,17,19);1H. The number of rotatable bonds is 4. The maximum Gasteiger partial charge on any atom is 0.229 e. The summed E-state index contributed by atoms with van der Waals surface area (Å²) >= 11 is 0. The van der Waals surface area contributed by atoms with Crippen LogP contribution in [0.15, 0.2) is 24.3 Å². The van der Waals surface area contributed by atoms with E-state index in [4.69, 9.17) is 5.73 Å². The molecule has 4 atom stereocenters. The second-order valence-corrected chi connectivity index (χ2v) is 8.13. The zero-order valence-electron chi connectivity index (χ0n) is 12.9. The Kier molecular flexibility index (Phi) is 5.23. The van der Waals surface area contributed by atoms with Gasteiger partial charge in [-0.2, -0.15) is 0 Å². The zero-order chi connectivity index (χ0) is 15.9.